The number of methoxy groups -OCH3 is 1. The molecule has 0 unspecified atom stereocenters. The van der Waals surface area contributed by atoms with Crippen molar-refractivity contribution in [3.8, 4) is 5.75 Å². The van der Waals surface area contributed by atoms with E-state index in [2.05, 4.69) is 30.1 Å². The number of halogens is 1. The van der Waals surface area contributed by atoms with Crippen molar-refractivity contribution in [1.29, 1.82) is 0 Å². The molecule has 0 aliphatic rings. The molecule has 144 valence electrons. The molecule has 3 aromatic rings. The molecule has 0 spiro atoms. The minimum Gasteiger partial charge on any atom is -0.497 e. The lowest BCUT2D eigenvalue weighted by molar-refractivity contribution is 0.288. The lowest BCUT2D eigenvalue weighted by Crippen LogP contribution is -2.26. The van der Waals surface area contributed by atoms with Crippen molar-refractivity contribution in [3.63, 3.8) is 0 Å². The fraction of sp³-hybridized carbons (Fsp3) is 0.409. The number of rotatable bonds is 9. The highest BCUT2D eigenvalue weighted by atomic mass is 35.5. The largest absolute Gasteiger partial charge is 0.497 e. The Morgan fingerprint density at radius 1 is 1.04 bits per heavy atom. The van der Waals surface area contributed by atoms with Gasteiger partial charge in [0.05, 0.1) is 23.8 Å². The summed E-state index contributed by atoms with van der Waals surface area (Å²) in [6, 6.07) is 11.9. The molecular formula is C22H28ClN3O. The predicted molar refractivity (Wildman–Crippen MR) is 116 cm³/mol. The van der Waals surface area contributed by atoms with E-state index < -0.39 is 0 Å². The van der Waals surface area contributed by atoms with Crippen molar-refractivity contribution in [2.75, 3.05) is 38.6 Å². The molecule has 0 saturated carbocycles. The number of hydrogen-bond donors (Lipinski definition) is 1. The zero-order valence-corrected chi connectivity index (χ0v) is 17.1. The van der Waals surface area contributed by atoms with Gasteiger partial charge in [0.15, 0.2) is 0 Å². The number of nitrogens with zero attached hydrogens (tertiary/aromatic N) is 2. The van der Waals surface area contributed by atoms with Gasteiger partial charge in [-0.3, -0.25) is 0 Å². The van der Waals surface area contributed by atoms with E-state index in [1.807, 2.05) is 30.3 Å². The first-order valence-corrected chi connectivity index (χ1v) is 10.1. The van der Waals surface area contributed by atoms with Crippen molar-refractivity contribution in [2.24, 2.45) is 0 Å². The summed E-state index contributed by atoms with van der Waals surface area (Å²) in [5.74, 6) is 0.812. The van der Waals surface area contributed by atoms with Gasteiger partial charge in [-0.2, -0.15) is 0 Å². The lowest BCUT2D eigenvalue weighted by atomic mass is 10.1. The van der Waals surface area contributed by atoms with Gasteiger partial charge in [-0.1, -0.05) is 25.4 Å². The summed E-state index contributed by atoms with van der Waals surface area (Å²) >= 11 is 6.26. The Kier molecular flexibility index (Phi) is 6.75. The quantitative estimate of drug-likeness (QED) is 0.385. The number of benzene rings is 2. The van der Waals surface area contributed by atoms with Gasteiger partial charge in [0, 0.05) is 28.4 Å². The lowest BCUT2D eigenvalue weighted by Gasteiger charge is -2.20. The second kappa shape index (κ2) is 9.25. The van der Waals surface area contributed by atoms with E-state index in [4.69, 9.17) is 21.3 Å². The van der Waals surface area contributed by atoms with Crippen LogP contribution in [0.2, 0.25) is 5.02 Å². The maximum absolute atomic E-state index is 6.26. The maximum atomic E-state index is 6.26. The highest BCUT2D eigenvalue weighted by molar-refractivity contribution is 6.31. The summed E-state index contributed by atoms with van der Waals surface area (Å²) in [5, 5.41) is 6.52. The average Bonchev–Trinajstić information content (AvgIpc) is 2.69. The van der Waals surface area contributed by atoms with Crippen LogP contribution in [0.5, 0.6) is 5.75 Å². The van der Waals surface area contributed by atoms with Crippen LogP contribution in [-0.2, 0) is 0 Å². The Morgan fingerprint density at radius 3 is 2.63 bits per heavy atom. The standard InChI is InChI=1S/C22H28ClN3O/c1-4-12-26(5-2)13-6-11-24-22-18-9-8-17(27-3)15-21(18)25-20-10-7-16(23)14-19(20)22/h7-10,14-15H,4-6,11-13H2,1-3H3,(H,24,25). The molecule has 0 bridgehead atoms. The molecule has 1 N–H and O–H groups in total. The number of ether oxygens (including phenoxy) is 1. The van der Waals surface area contributed by atoms with E-state index in [0.29, 0.717) is 0 Å². The molecular weight excluding hydrogens is 358 g/mol. The fourth-order valence-corrected chi connectivity index (χ4v) is 3.65. The van der Waals surface area contributed by atoms with Gasteiger partial charge in [0.2, 0.25) is 0 Å². The van der Waals surface area contributed by atoms with Crippen LogP contribution in [0.1, 0.15) is 26.7 Å². The normalized spacial score (nSPS) is 11.4. The third-order valence-electron chi connectivity index (χ3n) is 4.88. The van der Waals surface area contributed by atoms with Crippen LogP contribution >= 0.6 is 11.6 Å². The molecule has 0 radical (unpaired) electrons. The maximum Gasteiger partial charge on any atom is 0.121 e. The predicted octanol–water partition coefficient (Wildman–Crippen LogP) is 5.58. The minimum absolute atomic E-state index is 0.723. The molecule has 5 heteroatoms. The molecule has 1 heterocycles. The Hall–Kier alpha value is -2.04. The zero-order valence-electron chi connectivity index (χ0n) is 16.4. The molecule has 3 rings (SSSR count). The molecule has 27 heavy (non-hydrogen) atoms. The Balaban J connectivity index is 1.89. The number of pyridine rings is 1. The van der Waals surface area contributed by atoms with Gasteiger partial charge in [-0.05, 0) is 62.8 Å². The second-order valence-corrected chi connectivity index (χ2v) is 7.18. The van der Waals surface area contributed by atoms with Gasteiger partial charge in [0.1, 0.15) is 5.75 Å². The van der Waals surface area contributed by atoms with Crippen molar-refractivity contribution < 1.29 is 4.74 Å². The molecule has 0 aliphatic heterocycles. The van der Waals surface area contributed by atoms with E-state index in [0.717, 1.165) is 70.9 Å². The van der Waals surface area contributed by atoms with Gasteiger partial charge in [-0.25, -0.2) is 4.98 Å². The van der Waals surface area contributed by atoms with Crippen LogP contribution in [-0.4, -0.2) is 43.2 Å². The molecule has 1 aromatic heterocycles. The van der Waals surface area contributed by atoms with Crippen molar-refractivity contribution in [2.45, 2.75) is 26.7 Å². The molecule has 0 aliphatic carbocycles. The molecule has 0 fully saturated rings. The summed E-state index contributed by atoms with van der Waals surface area (Å²) < 4.78 is 5.37. The second-order valence-electron chi connectivity index (χ2n) is 6.75. The van der Waals surface area contributed by atoms with E-state index in [-0.39, 0.29) is 0 Å². The van der Waals surface area contributed by atoms with Crippen molar-refractivity contribution in [3.05, 3.63) is 41.4 Å². The summed E-state index contributed by atoms with van der Waals surface area (Å²) in [6.07, 6.45) is 2.29. The van der Waals surface area contributed by atoms with Gasteiger partial charge in [0.25, 0.3) is 0 Å². The Labute approximate surface area is 166 Å². The fourth-order valence-electron chi connectivity index (χ4n) is 3.47. The first kappa shape index (κ1) is 19.7. The number of nitrogens with one attached hydrogen (secondary N) is 1. The van der Waals surface area contributed by atoms with Gasteiger partial charge < -0.3 is 15.0 Å². The number of hydrogen-bond acceptors (Lipinski definition) is 4. The van der Waals surface area contributed by atoms with E-state index in [1.54, 1.807) is 7.11 Å². The summed E-state index contributed by atoms with van der Waals surface area (Å²) in [7, 11) is 1.68. The minimum atomic E-state index is 0.723. The van der Waals surface area contributed by atoms with Gasteiger partial charge in [-0.15, -0.1) is 0 Å². The summed E-state index contributed by atoms with van der Waals surface area (Å²) in [5.41, 5.74) is 2.95. The van der Waals surface area contributed by atoms with Crippen LogP contribution in [0.4, 0.5) is 5.69 Å². The van der Waals surface area contributed by atoms with Crippen LogP contribution in [0.3, 0.4) is 0 Å². The Morgan fingerprint density at radius 2 is 1.89 bits per heavy atom. The first-order valence-electron chi connectivity index (χ1n) is 9.69. The molecule has 4 nitrogen and oxygen atoms in total. The highest BCUT2D eigenvalue weighted by Gasteiger charge is 2.11. The topological polar surface area (TPSA) is 37.4 Å². The van der Waals surface area contributed by atoms with Crippen LogP contribution in [0, 0.1) is 0 Å². The van der Waals surface area contributed by atoms with Gasteiger partial charge >= 0.3 is 0 Å². The third kappa shape index (κ3) is 4.63. The highest BCUT2D eigenvalue weighted by Crippen LogP contribution is 2.34. The van der Waals surface area contributed by atoms with E-state index in [9.17, 15) is 0 Å². The smallest absolute Gasteiger partial charge is 0.121 e. The molecule has 2 aromatic carbocycles. The van der Waals surface area contributed by atoms with Crippen LogP contribution < -0.4 is 10.1 Å². The first-order chi connectivity index (χ1) is 13.2. The number of fused-ring (bicyclic) bond motifs is 2. The van der Waals surface area contributed by atoms with Crippen LogP contribution in [0.15, 0.2) is 36.4 Å². The average molecular weight is 386 g/mol. The monoisotopic (exact) mass is 385 g/mol. The molecule has 0 saturated heterocycles. The zero-order chi connectivity index (χ0) is 19.2. The van der Waals surface area contributed by atoms with E-state index in [1.165, 1.54) is 6.42 Å². The van der Waals surface area contributed by atoms with E-state index >= 15 is 0 Å². The number of anilines is 1. The summed E-state index contributed by atoms with van der Waals surface area (Å²) in [4.78, 5) is 7.29. The van der Waals surface area contributed by atoms with Crippen molar-refractivity contribution >= 4 is 39.1 Å². The third-order valence-corrected chi connectivity index (χ3v) is 5.12. The van der Waals surface area contributed by atoms with Crippen LogP contribution in [0.25, 0.3) is 21.8 Å². The molecule has 0 atom stereocenters. The number of aromatic nitrogens is 1. The Bertz CT molecular complexity index is 913. The van der Waals surface area contributed by atoms with Crippen molar-refractivity contribution in [1.82, 2.24) is 9.88 Å². The molecule has 0 amide bonds. The SMILES string of the molecule is CCCN(CC)CCCNc1c2ccc(OC)cc2nc2ccc(Cl)cc12. The summed E-state index contributed by atoms with van der Waals surface area (Å²) in [6.45, 7) is 8.73.